The number of hydrogen-bond donors (Lipinski definition) is 1. The lowest BCUT2D eigenvalue weighted by Crippen LogP contribution is -2.35. The molecule has 3 heterocycles. The Kier molecular flexibility index (Phi) is 3.66. The van der Waals surface area contributed by atoms with Crippen LogP contribution in [0.2, 0.25) is 0 Å². The van der Waals surface area contributed by atoms with E-state index in [0.29, 0.717) is 17.4 Å². The lowest BCUT2D eigenvalue weighted by molar-refractivity contribution is 0.260. The zero-order valence-corrected chi connectivity index (χ0v) is 11.1. The van der Waals surface area contributed by atoms with Gasteiger partial charge in [0.15, 0.2) is 11.6 Å². The largest absolute Gasteiger partial charge is 0.392 e. The van der Waals surface area contributed by atoms with E-state index in [2.05, 4.69) is 9.88 Å². The average molecular weight is 265 g/mol. The van der Waals surface area contributed by atoms with Crippen molar-refractivity contribution in [2.75, 3.05) is 31.1 Å². The number of aliphatic hydroxyl groups excluding tert-OH is 1. The van der Waals surface area contributed by atoms with Crippen LogP contribution in [-0.4, -0.2) is 47.2 Å². The molecular weight excluding hydrogens is 245 g/mol. The second-order valence-corrected chi connectivity index (χ2v) is 5.40. The predicted molar refractivity (Wildman–Crippen MR) is 71.5 cm³/mol. The standard InChI is InChI=1S/C14H20FN3O/c15-13-11(10-19)3-5-16-14(13)18-8-4-12(9-18)17-6-1-2-7-17/h3,5,12,19H,1-2,4,6-10H2. The van der Waals surface area contributed by atoms with Crippen molar-refractivity contribution in [3.05, 3.63) is 23.6 Å². The molecule has 0 bridgehead atoms. The van der Waals surface area contributed by atoms with Crippen molar-refractivity contribution in [1.29, 1.82) is 0 Å². The van der Waals surface area contributed by atoms with E-state index in [1.54, 1.807) is 6.20 Å². The zero-order chi connectivity index (χ0) is 13.2. The normalized spacial score (nSPS) is 24.3. The molecule has 0 saturated carbocycles. The molecule has 19 heavy (non-hydrogen) atoms. The van der Waals surface area contributed by atoms with Gasteiger partial charge in [-0.2, -0.15) is 0 Å². The molecule has 0 aromatic carbocycles. The molecule has 0 amide bonds. The Morgan fingerprint density at radius 1 is 1.32 bits per heavy atom. The van der Waals surface area contributed by atoms with Gasteiger partial charge in [0, 0.05) is 30.9 Å². The number of nitrogens with zero attached hydrogens (tertiary/aromatic N) is 3. The molecule has 2 saturated heterocycles. The summed E-state index contributed by atoms with van der Waals surface area (Å²) < 4.78 is 14.2. The third-order valence-electron chi connectivity index (χ3n) is 4.24. The second kappa shape index (κ2) is 5.43. The third-order valence-corrected chi connectivity index (χ3v) is 4.24. The van der Waals surface area contributed by atoms with E-state index in [-0.39, 0.29) is 12.4 Å². The Morgan fingerprint density at radius 2 is 2.11 bits per heavy atom. The molecule has 4 nitrogen and oxygen atoms in total. The van der Waals surface area contributed by atoms with Crippen LogP contribution in [0.5, 0.6) is 0 Å². The molecule has 2 aliphatic rings. The van der Waals surface area contributed by atoms with Crippen molar-refractivity contribution in [1.82, 2.24) is 9.88 Å². The first kappa shape index (κ1) is 12.8. The van der Waals surface area contributed by atoms with Crippen LogP contribution in [0.15, 0.2) is 12.3 Å². The summed E-state index contributed by atoms with van der Waals surface area (Å²) in [5.74, 6) is 0.0281. The third kappa shape index (κ3) is 2.44. The maximum atomic E-state index is 14.2. The van der Waals surface area contributed by atoms with Gasteiger partial charge in [0.05, 0.1) is 6.61 Å². The van der Waals surface area contributed by atoms with E-state index in [4.69, 9.17) is 5.11 Å². The van der Waals surface area contributed by atoms with Crippen LogP contribution in [0.25, 0.3) is 0 Å². The molecule has 1 aromatic rings. The minimum absolute atomic E-state index is 0.273. The Morgan fingerprint density at radius 3 is 2.84 bits per heavy atom. The molecular formula is C14H20FN3O. The Labute approximate surface area is 112 Å². The molecule has 3 rings (SSSR count). The van der Waals surface area contributed by atoms with E-state index in [9.17, 15) is 4.39 Å². The van der Waals surface area contributed by atoms with Gasteiger partial charge in [-0.25, -0.2) is 9.37 Å². The highest BCUT2D eigenvalue weighted by Gasteiger charge is 2.31. The summed E-state index contributed by atoms with van der Waals surface area (Å²) in [5.41, 5.74) is 0.328. The van der Waals surface area contributed by atoms with E-state index in [1.807, 2.05) is 4.90 Å². The molecule has 2 aliphatic heterocycles. The summed E-state index contributed by atoms with van der Waals surface area (Å²) in [7, 11) is 0. The van der Waals surface area contributed by atoms with Gasteiger partial charge >= 0.3 is 0 Å². The molecule has 0 radical (unpaired) electrons. The van der Waals surface area contributed by atoms with Gasteiger partial charge in [0.1, 0.15) is 0 Å². The SMILES string of the molecule is OCc1ccnc(N2CCC(N3CCCC3)C2)c1F. The van der Waals surface area contributed by atoms with Crippen LogP contribution in [0.3, 0.4) is 0 Å². The Hall–Kier alpha value is -1.20. The lowest BCUT2D eigenvalue weighted by Gasteiger charge is -2.24. The number of pyridine rings is 1. The minimum atomic E-state index is -0.368. The van der Waals surface area contributed by atoms with E-state index >= 15 is 0 Å². The van der Waals surface area contributed by atoms with Gasteiger partial charge in [-0.3, -0.25) is 4.90 Å². The first-order valence-corrected chi connectivity index (χ1v) is 7.03. The second-order valence-electron chi connectivity index (χ2n) is 5.40. The molecule has 1 aromatic heterocycles. The quantitative estimate of drug-likeness (QED) is 0.896. The summed E-state index contributed by atoms with van der Waals surface area (Å²) in [6.07, 6.45) is 5.21. The average Bonchev–Trinajstić information content (AvgIpc) is 3.09. The van der Waals surface area contributed by atoms with Gasteiger partial charge < -0.3 is 10.0 Å². The molecule has 1 N–H and O–H groups in total. The first-order chi connectivity index (χ1) is 9.29. The monoisotopic (exact) mass is 265 g/mol. The topological polar surface area (TPSA) is 39.6 Å². The maximum Gasteiger partial charge on any atom is 0.171 e. The van der Waals surface area contributed by atoms with Crippen LogP contribution >= 0.6 is 0 Å². The van der Waals surface area contributed by atoms with E-state index in [0.717, 1.165) is 19.5 Å². The number of anilines is 1. The summed E-state index contributed by atoms with van der Waals surface area (Å²) >= 11 is 0. The van der Waals surface area contributed by atoms with Crippen molar-refractivity contribution in [3.63, 3.8) is 0 Å². The molecule has 104 valence electrons. The van der Waals surface area contributed by atoms with E-state index < -0.39 is 0 Å². The number of aliphatic hydroxyl groups is 1. The number of aromatic nitrogens is 1. The van der Waals surface area contributed by atoms with Crippen molar-refractivity contribution < 1.29 is 9.50 Å². The van der Waals surface area contributed by atoms with Crippen LogP contribution in [0, 0.1) is 5.82 Å². The highest BCUT2D eigenvalue weighted by atomic mass is 19.1. The highest BCUT2D eigenvalue weighted by Crippen LogP contribution is 2.26. The lowest BCUT2D eigenvalue weighted by atomic mass is 10.2. The molecule has 0 spiro atoms. The predicted octanol–water partition coefficient (Wildman–Crippen LogP) is 1.39. The number of hydrogen-bond acceptors (Lipinski definition) is 4. The van der Waals surface area contributed by atoms with E-state index in [1.165, 1.54) is 32.0 Å². The van der Waals surface area contributed by atoms with Crippen molar-refractivity contribution in [3.8, 4) is 0 Å². The van der Waals surface area contributed by atoms with Gasteiger partial charge in [0.2, 0.25) is 0 Å². The minimum Gasteiger partial charge on any atom is -0.392 e. The van der Waals surface area contributed by atoms with Gasteiger partial charge in [-0.05, 0) is 38.4 Å². The number of likely N-dealkylation sites (tertiary alicyclic amines) is 1. The zero-order valence-electron chi connectivity index (χ0n) is 11.1. The fraction of sp³-hybridized carbons (Fsp3) is 0.643. The number of rotatable bonds is 3. The van der Waals surface area contributed by atoms with Crippen molar-refractivity contribution in [2.24, 2.45) is 0 Å². The van der Waals surface area contributed by atoms with Gasteiger partial charge in [-0.15, -0.1) is 0 Å². The molecule has 1 atom stereocenters. The first-order valence-electron chi connectivity index (χ1n) is 7.03. The fourth-order valence-corrected chi connectivity index (χ4v) is 3.15. The van der Waals surface area contributed by atoms with Crippen LogP contribution < -0.4 is 4.90 Å². The summed E-state index contributed by atoms with van der Waals surface area (Å²) in [6, 6.07) is 2.06. The smallest absolute Gasteiger partial charge is 0.171 e. The number of halogens is 1. The summed E-state index contributed by atoms with van der Waals surface area (Å²) in [6.45, 7) is 3.76. The molecule has 2 fully saturated rings. The van der Waals surface area contributed by atoms with Crippen LogP contribution in [0.4, 0.5) is 10.2 Å². The highest BCUT2D eigenvalue weighted by molar-refractivity contribution is 5.44. The maximum absolute atomic E-state index is 14.2. The molecule has 0 aliphatic carbocycles. The molecule has 1 unspecified atom stereocenters. The molecule has 5 heteroatoms. The Bertz CT molecular complexity index is 448. The summed E-state index contributed by atoms with van der Waals surface area (Å²) in [5, 5.41) is 9.12. The Balaban J connectivity index is 1.73. The van der Waals surface area contributed by atoms with Crippen molar-refractivity contribution >= 4 is 5.82 Å². The fourth-order valence-electron chi connectivity index (χ4n) is 3.15. The summed E-state index contributed by atoms with van der Waals surface area (Å²) in [4.78, 5) is 8.67. The van der Waals surface area contributed by atoms with Gasteiger partial charge in [0.25, 0.3) is 0 Å². The van der Waals surface area contributed by atoms with Crippen LogP contribution in [-0.2, 0) is 6.61 Å². The van der Waals surface area contributed by atoms with Gasteiger partial charge in [-0.1, -0.05) is 0 Å². The van der Waals surface area contributed by atoms with Crippen molar-refractivity contribution in [2.45, 2.75) is 31.9 Å². The van der Waals surface area contributed by atoms with Crippen LogP contribution in [0.1, 0.15) is 24.8 Å².